The molecule has 0 aliphatic carbocycles. The van der Waals surface area contributed by atoms with Crippen molar-refractivity contribution >= 4 is 34.4 Å². The first-order chi connectivity index (χ1) is 16.8. The van der Waals surface area contributed by atoms with Gasteiger partial charge in [0.05, 0.1) is 11.3 Å². The van der Waals surface area contributed by atoms with E-state index in [1.807, 2.05) is 79.7 Å². The molecule has 1 aliphatic heterocycles. The van der Waals surface area contributed by atoms with Gasteiger partial charge in [-0.3, -0.25) is 9.59 Å². The molecule has 0 bridgehead atoms. The first-order valence-electron chi connectivity index (χ1n) is 12.3. The molecule has 4 rings (SSSR count). The van der Waals surface area contributed by atoms with Crippen molar-refractivity contribution in [2.45, 2.75) is 40.5 Å². The molecule has 0 saturated heterocycles. The number of imide groups is 1. The Morgan fingerprint density at radius 2 is 1.40 bits per heavy atom. The summed E-state index contributed by atoms with van der Waals surface area (Å²) in [7, 11) is 0. The monoisotopic (exact) mass is 467 g/mol. The summed E-state index contributed by atoms with van der Waals surface area (Å²) in [6.45, 7) is 12.3. The molecular formula is C30H33N3O2. The number of amides is 2. The summed E-state index contributed by atoms with van der Waals surface area (Å²) in [4.78, 5) is 30.8. The summed E-state index contributed by atoms with van der Waals surface area (Å²) >= 11 is 0. The Kier molecular flexibility index (Phi) is 7.06. The summed E-state index contributed by atoms with van der Waals surface area (Å²) in [5, 5.41) is 3.26. The largest absolute Gasteiger partial charge is 0.372 e. The van der Waals surface area contributed by atoms with Gasteiger partial charge in [0.15, 0.2) is 0 Å². The number of nitrogens with one attached hydrogen (secondary N) is 1. The maximum Gasteiger partial charge on any atom is 0.282 e. The zero-order valence-corrected chi connectivity index (χ0v) is 21.1. The number of carbonyl (C=O) groups excluding carboxylic acids is 2. The number of aryl methyl sites for hydroxylation is 1. The van der Waals surface area contributed by atoms with Gasteiger partial charge in [-0.05, 0) is 74.2 Å². The van der Waals surface area contributed by atoms with E-state index < -0.39 is 0 Å². The molecule has 1 aliphatic rings. The molecule has 0 aromatic heterocycles. The molecular weight excluding hydrogens is 434 g/mol. The molecule has 1 N–H and O–H groups in total. The number of nitrogens with zero attached hydrogens (tertiary/aromatic N) is 2. The molecule has 0 saturated carbocycles. The van der Waals surface area contributed by atoms with Crippen LogP contribution in [0, 0.1) is 6.92 Å². The van der Waals surface area contributed by atoms with Crippen LogP contribution in [0.15, 0.2) is 78.5 Å². The minimum absolute atomic E-state index is 0.295. The molecule has 1 heterocycles. The Morgan fingerprint density at radius 3 is 1.94 bits per heavy atom. The third kappa shape index (κ3) is 4.85. The predicted octanol–water partition coefficient (Wildman–Crippen LogP) is 6.36. The first-order valence-corrected chi connectivity index (χ1v) is 12.3. The zero-order valence-electron chi connectivity index (χ0n) is 21.1. The molecule has 0 atom stereocenters. The van der Waals surface area contributed by atoms with Gasteiger partial charge in [0, 0.05) is 24.5 Å². The van der Waals surface area contributed by atoms with E-state index in [9.17, 15) is 9.59 Å². The van der Waals surface area contributed by atoms with Gasteiger partial charge in [-0.1, -0.05) is 55.8 Å². The quantitative estimate of drug-likeness (QED) is 0.392. The lowest BCUT2D eigenvalue weighted by atomic mass is 10.0. The number of benzene rings is 3. The smallest absolute Gasteiger partial charge is 0.282 e. The zero-order chi connectivity index (χ0) is 25.1. The van der Waals surface area contributed by atoms with E-state index in [1.165, 1.54) is 10.5 Å². The lowest BCUT2D eigenvalue weighted by Crippen LogP contribution is -2.32. The standard InChI is InChI=1S/C30H33N3O2/c1-6-32(7-2)25-16-18-26(19-17-25)33-29(34)27(23-10-8-21(5)9-11-23)28(30(33)35)31-24-14-12-22(13-15-24)20(3)4/h8-20,31H,6-7H2,1-5H3. The molecule has 3 aromatic rings. The van der Waals surface area contributed by atoms with Crippen LogP contribution >= 0.6 is 0 Å². The lowest BCUT2D eigenvalue weighted by molar-refractivity contribution is -0.120. The highest BCUT2D eigenvalue weighted by Crippen LogP contribution is 2.34. The van der Waals surface area contributed by atoms with Gasteiger partial charge in [0.25, 0.3) is 11.8 Å². The average Bonchev–Trinajstić information content (AvgIpc) is 3.10. The topological polar surface area (TPSA) is 52.6 Å². The van der Waals surface area contributed by atoms with Crippen molar-refractivity contribution in [2.24, 2.45) is 0 Å². The molecule has 180 valence electrons. The highest BCUT2D eigenvalue weighted by Gasteiger charge is 2.40. The highest BCUT2D eigenvalue weighted by molar-refractivity contribution is 6.46. The van der Waals surface area contributed by atoms with Crippen molar-refractivity contribution < 1.29 is 9.59 Å². The number of hydrogen-bond donors (Lipinski definition) is 1. The third-order valence-electron chi connectivity index (χ3n) is 6.51. The van der Waals surface area contributed by atoms with Gasteiger partial charge in [0.2, 0.25) is 0 Å². The fourth-order valence-electron chi connectivity index (χ4n) is 4.37. The van der Waals surface area contributed by atoms with Crippen LogP contribution in [0.25, 0.3) is 5.57 Å². The van der Waals surface area contributed by atoms with E-state index in [1.54, 1.807) is 0 Å². The molecule has 35 heavy (non-hydrogen) atoms. The molecule has 0 fully saturated rings. The van der Waals surface area contributed by atoms with Crippen LogP contribution in [0.5, 0.6) is 0 Å². The molecule has 5 nitrogen and oxygen atoms in total. The van der Waals surface area contributed by atoms with Crippen LogP contribution in [-0.2, 0) is 9.59 Å². The summed E-state index contributed by atoms with van der Waals surface area (Å²) < 4.78 is 0. The van der Waals surface area contributed by atoms with E-state index in [0.29, 0.717) is 22.9 Å². The Labute approximate surface area is 208 Å². The van der Waals surface area contributed by atoms with Gasteiger partial charge in [-0.25, -0.2) is 4.90 Å². The minimum Gasteiger partial charge on any atom is -0.372 e. The molecule has 0 spiro atoms. The van der Waals surface area contributed by atoms with E-state index in [0.717, 1.165) is 35.6 Å². The Hall–Kier alpha value is -3.86. The average molecular weight is 468 g/mol. The third-order valence-corrected chi connectivity index (χ3v) is 6.51. The normalized spacial score (nSPS) is 13.7. The maximum absolute atomic E-state index is 13.7. The van der Waals surface area contributed by atoms with Crippen LogP contribution in [0.2, 0.25) is 0 Å². The van der Waals surface area contributed by atoms with E-state index in [2.05, 4.69) is 37.9 Å². The molecule has 5 heteroatoms. The summed E-state index contributed by atoms with van der Waals surface area (Å²) in [6, 6.07) is 23.3. The van der Waals surface area contributed by atoms with Crippen LogP contribution < -0.4 is 15.1 Å². The first kappa shape index (κ1) is 24.3. The number of carbonyl (C=O) groups is 2. The SMILES string of the molecule is CCN(CC)c1ccc(N2C(=O)C(Nc3ccc(C(C)C)cc3)=C(c3ccc(C)cc3)C2=O)cc1. The number of rotatable bonds is 8. The predicted molar refractivity (Wildman–Crippen MR) is 145 cm³/mol. The fourth-order valence-corrected chi connectivity index (χ4v) is 4.37. The Balaban J connectivity index is 1.72. The van der Waals surface area contributed by atoms with Crippen LogP contribution in [0.4, 0.5) is 17.1 Å². The number of hydrogen-bond acceptors (Lipinski definition) is 4. The molecule has 0 unspecified atom stereocenters. The van der Waals surface area contributed by atoms with E-state index >= 15 is 0 Å². The summed E-state index contributed by atoms with van der Waals surface area (Å²) in [6.07, 6.45) is 0. The Bertz CT molecular complexity index is 1240. The van der Waals surface area contributed by atoms with Crippen molar-refractivity contribution in [3.63, 3.8) is 0 Å². The van der Waals surface area contributed by atoms with Crippen LogP contribution in [0.1, 0.15) is 50.3 Å². The highest BCUT2D eigenvalue weighted by atomic mass is 16.2. The second-order valence-electron chi connectivity index (χ2n) is 9.15. The van der Waals surface area contributed by atoms with Gasteiger partial charge in [-0.15, -0.1) is 0 Å². The van der Waals surface area contributed by atoms with Gasteiger partial charge in [0.1, 0.15) is 5.70 Å². The van der Waals surface area contributed by atoms with E-state index in [4.69, 9.17) is 0 Å². The maximum atomic E-state index is 13.7. The van der Waals surface area contributed by atoms with E-state index in [-0.39, 0.29) is 11.8 Å². The number of anilines is 3. The second-order valence-corrected chi connectivity index (χ2v) is 9.15. The van der Waals surface area contributed by atoms with Gasteiger partial charge >= 0.3 is 0 Å². The van der Waals surface area contributed by atoms with Crippen molar-refractivity contribution in [1.29, 1.82) is 0 Å². The van der Waals surface area contributed by atoms with Crippen LogP contribution in [-0.4, -0.2) is 24.9 Å². The second kappa shape index (κ2) is 10.2. The van der Waals surface area contributed by atoms with Crippen molar-refractivity contribution in [1.82, 2.24) is 0 Å². The van der Waals surface area contributed by atoms with Gasteiger partial charge in [-0.2, -0.15) is 0 Å². The van der Waals surface area contributed by atoms with Crippen LogP contribution in [0.3, 0.4) is 0 Å². The minimum atomic E-state index is -0.353. The van der Waals surface area contributed by atoms with Crippen molar-refractivity contribution in [3.05, 3.63) is 95.2 Å². The molecule has 3 aromatic carbocycles. The molecule has 2 amide bonds. The summed E-state index contributed by atoms with van der Waals surface area (Å²) in [5.74, 6) is -0.263. The van der Waals surface area contributed by atoms with Crippen molar-refractivity contribution in [3.8, 4) is 0 Å². The lowest BCUT2D eigenvalue weighted by Gasteiger charge is -2.22. The summed E-state index contributed by atoms with van der Waals surface area (Å²) in [5.41, 5.74) is 6.10. The van der Waals surface area contributed by atoms with Crippen molar-refractivity contribution in [2.75, 3.05) is 28.2 Å². The fraction of sp³-hybridized carbons (Fsp3) is 0.267. The Morgan fingerprint density at radius 1 is 0.800 bits per heavy atom. The molecule has 0 radical (unpaired) electrons. The van der Waals surface area contributed by atoms with Gasteiger partial charge < -0.3 is 10.2 Å².